The molecule has 1 aliphatic heterocycles. The number of hydrogen-bond acceptors (Lipinski definition) is 4. The monoisotopic (exact) mass is 436 g/mol. The van der Waals surface area contributed by atoms with Crippen LogP contribution >= 0.6 is 11.3 Å². The van der Waals surface area contributed by atoms with Crippen LogP contribution in [0, 0.1) is 0 Å². The minimum absolute atomic E-state index is 0.0407. The first-order valence-electron chi connectivity index (χ1n) is 9.44. The summed E-state index contributed by atoms with van der Waals surface area (Å²) in [6, 6.07) is 3.39. The molecule has 3 rings (SSSR count). The molecular formula is C22H23F3N2O2S. The number of aliphatic hydroxyl groups excluding tert-OH is 1. The molecule has 0 spiro atoms. The van der Waals surface area contributed by atoms with Gasteiger partial charge in [-0.3, -0.25) is 4.79 Å². The molecule has 160 valence electrons. The van der Waals surface area contributed by atoms with Crippen molar-refractivity contribution in [3.63, 3.8) is 0 Å². The molecule has 0 saturated heterocycles. The number of nitrogens with one attached hydrogen (secondary N) is 1. The first-order valence-corrected chi connectivity index (χ1v) is 10.3. The Hall–Kier alpha value is -2.58. The van der Waals surface area contributed by atoms with Crippen LogP contribution in [0.2, 0.25) is 0 Å². The molecule has 0 atom stereocenters. The number of rotatable bonds is 5. The fourth-order valence-electron chi connectivity index (χ4n) is 3.42. The number of carbonyl (C=O) groups is 1. The molecule has 0 saturated carbocycles. The number of nitrogens with zero attached hydrogens (tertiary/aromatic N) is 1. The van der Waals surface area contributed by atoms with Crippen LogP contribution in [0.1, 0.15) is 45.8 Å². The molecule has 2 N–H and O–H groups in total. The Kier molecular flexibility index (Phi) is 6.38. The zero-order valence-corrected chi connectivity index (χ0v) is 17.6. The maximum absolute atomic E-state index is 13.2. The van der Waals surface area contributed by atoms with Gasteiger partial charge < -0.3 is 15.3 Å². The standard InChI is InChI=1S/C22H23F3N2O2S/c1-4-13(2)14(3)27-8-7-17-18(12-30-20(17)10-27)21(29)26-16-6-5-15(11-28)19(9-16)22(23,24)25/h4-6,9,12,28H,3,7-8,10-11H2,1-2H3,(H,26,29)/b13-4+. The van der Waals surface area contributed by atoms with Crippen molar-refractivity contribution in [3.8, 4) is 0 Å². The number of alkyl halides is 3. The van der Waals surface area contributed by atoms with Gasteiger partial charge in [0.05, 0.1) is 24.3 Å². The van der Waals surface area contributed by atoms with Crippen molar-refractivity contribution in [3.05, 3.63) is 74.6 Å². The van der Waals surface area contributed by atoms with E-state index in [1.165, 1.54) is 23.5 Å². The highest BCUT2D eigenvalue weighted by molar-refractivity contribution is 7.10. The molecule has 8 heteroatoms. The Morgan fingerprint density at radius 1 is 1.40 bits per heavy atom. The average Bonchev–Trinajstić information content (AvgIpc) is 3.15. The lowest BCUT2D eigenvalue weighted by Gasteiger charge is -2.31. The number of carbonyl (C=O) groups excluding carboxylic acids is 1. The van der Waals surface area contributed by atoms with Gasteiger partial charge in [-0.1, -0.05) is 18.7 Å². The Morgan fingerprint density at radius 3 is 2.77 bits per heavy atom. The fourth-order valence-corrected chi connectivity index (χ4v) is 4.51. The fraction of sp³-hybridized carbons (Fsp3) is 0.318. The van der Waals surface area contributed by atoms with Crippen LogP contribution in [-0.2, 0) is 25.7 Å². The summed E-state index contributed by atoms with van der Waals surface area (Å²) < 4.78 is 39.6. The summed E-state index contributed by atoms with van der Waals surface area (Å²) >= 11 is 1.47. The Morgan fingerprint density at radius 2 is 2.13 bits per heavy atom. The predicted octanol–water partition coefficient (Wildman–Crippen LogP) is 5.35. The third kappa shape index (κ3) is 4.44. The highest BCUT2D eigenvalue weighted by Gasteiger charge is 2.33. The molecule has 1 aliphatic rings. The second-order valence-corrected chi connectivity index (χ2v) is 8.09. The van der Waals surface area contributed by atoms with Gasteiger partial charge in [0.15, 0.2) is 0 Å². The second kappa shape index (κ2) is 8.65. The average molecular weight is 436 g/mol. The molecule has 1 aromatic carbocycles. The molecule has 0 bridgehead atoms. The van der Waals surface area contributed by atoms with Crippen LogP contribution < -0.4 is 5.32 Å². The lowest BCUT2D eigenvalue weighted by Crippen LogP contribution is -2.30. The number of hydrogen-bond donors (Lipinski definition) is 2. The number of anilines is 1. The maximum Gasteiger partial charge on any atom is 0.416 e. The van der Waals surface area contributed by atoms with E-state index in [0.717, 1.165) is 34.3 Å². The Balaban J connectivity index is 1.79. The first-order chi connectivity index (χ1) is 14.2. The number of benzene rings is 1. The number of aliphatic hydroxyl groups is 1. The molecule has 4 nitrogen and oxygen atoms in total. The number of halogens is 3. The van der Waals surface area contributed by atoms with E-state index in [2.05, 4.69) is 16.8 Å². The van der Waals surface area contributed by atoms with E-state index in [-0.39, 0.29) is 11.3 Å². The molecule has 0 fully saturated rings. The van der Waals surface area contributed by atoms with Gasteiger partial charge >= 0.3 is 6.18 Å². The summed E-state index contributed by atoms with van der Waals surface area (Å²) in [5.74, 6) is -0.436. The van der Waals surface area contributed by atoms with Gasteiger partial charge in [-0.15, -0.1) is 11.3 Å². The SMILES string of the molecule is C=C(/C(C)=C/C)N1CCc2c(C(=O)Nc3ccc(CO)c(C(F)(F)F)c3)csc2C1. The molecule has 2 aromatic rings. The van der Waals surface area contributed by atoms with Crippen molar-refractivity contribution < 1.29 is 23.1 Å². The van der Waals surface area contributed by atoms with Crippen LogP contribution in [0.4, 0.5) is 18.9 Å². The molecule has 0 unspecified atom stereocenters. The van der Waals surface area contributed by atoms with Crippen molar-refractivity contribution in [1.82, 2.24) is 4.90 Å². The van der Waals surface area contributed by atoms with E-state index >= 15 is 0 Å². The van der Waals surface area contributed by atoms with Crippen molar-refractivity contribution in [2.45, 2.75) is 39.6 Å². The van der Waals surface area contributed by atoms with Gasteiger partial charge in [0.2, 0.25) is 0 Å². The van der Waals surface area contributed by atoms with Crippen LogP contribution in [-0.4, -0.2) is 22.5 Å². The van der Waals surface area contributed by atoms with Gasteiger partial charge in [0.1, 0.15) is 0 Å². The summed E-state index contributed by atoms with van der Waals surface area (Å²) in [7, 11) is 0. The van der Waals surface area contributed by atoms with Gasteiger partial charge in [0, 0.05) is 28.2 Å². The third-order valence-electron chi connectivity index (χ3n) is 5.30. The number of amides is 1. The summed E-state index contributed by atoms with van der Waals surface area (Å²) in [4.78, 5) is 16.0. The summed E-state index contributed by atoms with van der Waals surface area (Å²) in [5.41, 5.74) is 2.32. The van der Waals surface area contributed by atoms with Gasteiger partial charge in [0.25, 0.3) is 5.91 Å². The predicted molar refractivity (Wildman–Crippen MR) is 112 cm³/mol. The largest absolute Gasteiger partial charge is 0.416 e. The number of thiophene rings is 1. The number of fused-ring (bicyclic) bond motifs is 1. The van der Waals surface area contributed by atoms with E-state index in [9.17, 15) is 18.0 Å². The van der Waals surface area contributed by atoms with E-state index in [4.69, 9.17) is 5.11 Å². The second-order valence-electron chi connectivity index (χ2n) is 7.12. The Labute approximate surface area is 177 Å². The van der Waals surface area contributed by atoms with Gasteiger partial charge in [-0.05, 0) is 49.1 Å². The van der Waals surface area contributed by atoms with E-state index < -0.39 is 24.3 Å². The summed E-state index contributed by atoms with van der Waals surface area (Å²) in [6.45, 7) is 8.74. The number of allylic oxidation sites excluding steroid dienone is 2. The van der Waals surface area contributed by atoms with Crippen LogP contribution in [0.3, 0.4) is 0 Å². The van der Waals surface area contributed by atoms with Crippen molar-refractivity contribution >= 4 is 22.9 Å². The quantitative estimate of drug-likeness (QED) is 0.622. The zero-order chi connectivity index (χ0) is 22.1. The summed E-state index contributed by atoms with van der Waals surface area (Å²) in [6.07, 6.45) is -1.95. The van der Waals surface area contributed by atoms with Crippen molar-refractivity contribution in [1.29, 1.82) is 0 Å². The highest BCUT2D eigenvalue weighted by atomic mass is 32.1. The van der Waals surface area contributed by atoms with E-state index in [1.807, 2.05) is 19.9 Å². The first kappa shape index (κ1) is 22.1. The zero-order valence-electron chi connectivity index (χ0n) is 16.8. The van der Waals surface area contributed by atoms with Crippen LogP contribution in [0.25, 0.3) is 0 Å². The molecule has 0 radical (unpaired) electrons. The van der Waals surface area contributed by atoms with Crippen LogP contribution in [0.15, 0.2) is 47.5 Å². The normalized spacial score (nSPS) is 14.5. The van der Waals surface area contributed by atoms with Crippen molar-refractivity contribution in [2.75, 3.05) is 11.9 Å². The van der Waals surface area contributed by atoms with Crippen molar-refractivity contribution in [2.24, 2.45) is 0 Å². The van der Waals surface area contributed by atoms with E-state index in [0.29, 0.717) is 18.5 Å². The molecule has 1 amide bonds. The smallest absolute Gasteiger partial charge is 0.392 e. The lowest BCUT2D eigenvalue weighted by atomic mass is 10.0. The minimum Gasteiger partial charge on any atom is -0.392 e. The highest BCUT2D eigenvalue weighted by Crippen LogP contribution is 2.35. The summed E-state index contributed by atoms with van der Waals surface area (Å²) in [5, 5.41) is 13.5. The molecular weight excluding hydrogens is 413 g/mol. The Bertz CT molecular complexity index is 1010. The minimum atomic E-state index is -4.61. The molecule has 30 heavy (non-hydrogen) atoms. The molecule has 1 aromatic heterocycles. The third-order valence-corrected chi connectivity index (χ3v) is 6.32. The molecule has 2 heterocycles. The van der Waals surface area contributed by atoms with E-state index in [1.54, 1.807) is 5.38 Å². The maximum atomic E-state index is 13.2. The van der Waals surface area contributed by atoms with Gasteiger partial charge in [-0.2, -0.15) is 13.2 Å². The topological polar surface area (TPSA) is 52.6 Å². The van der Waals surface area contributed by atoms with Crippen LogP contribution in [0.5, 0.6) is 0 Å². The molecule has 0 aliphatic carbocycles. The lowest BCUT2D eigenvalue weighted by molar-refractivity contribution is -0.138. The van der Waals surface area contributed by atoms with Gasteiger partial charge in [-0.25, -0.2) is 0 Å².